The van der Waals surface area contributed by atoms with Crippen molar-refractivity contribution in [2.45, 2.75) is 13.0 Å². The molecule has 0 radical (unpaired) electrons. The van der Waals surface area contributed by atoms with Crippen molar-refractivity contribution < 1.29 is 9.72 Å². The molecule has 3 aromatic carbocycles. The molecule has 1 aromatic heterocycles. The Morgan fingerprint density at radius 1 is 1.12 bits per heavy atom. The second-order valence-corrected chi connectivity index (χ2v) is 8.11. The molecule has 2 heterocycles. The molecular formula is C24H18ClN5O3. The zero-order valence-electron chi connectivity index (χ0n) is 17.4. The Morgan fingerprint density at radius 3 is 2.64 bits per heavy atom. The van der Waals surface area contributed by atoms with Crippen LogP contribution in [0.25, 0.3) is 11.0 Å². The predicted molar refractivity (Wildman–Crippen MR) is 127 cm³/mol. The summed E-state index contributed by atoms with van der Waals surface area (Å²) in [4.78, 5) is 29.2. The first kappa shape index (κ1) is 20.7. The van der Waals surface area contributed by atoms with Crippen molar-refractivity contribution >= 4 is 45.9 Å². The molecule has 0 spiro atoms. The maximum Gasteiger partial charge on any atom is 0.269 e. The Labute approximate surface area is 193 Å². The smallest absolute Gasteiger partial charge is 0.269 e. The maximum absolute atomic E-state index is 13.5. The number of halogens is 1. The molecular weight excluding hydrogens is 442 g/mol. The van der Waals surface area contributed by atoms with E-state index in [4.69, 9.17) is 11.6 Å². The number of aromatic nitrogens is 2. The van der Waals surface area contributed by atoms with E-state index in [0.29, 0.717) is 33.5 Å². The number of nitrogens with one attached hydrogen (secondary N) is 2. The van der Waals surface area contributed by atoms with E-state index >= 15 is 0 Å². The monoisotopic (exact) mass is 459 g/mol. The van der Waals surface area contributed by atoms with E-state index in [1.165, 1.54) is 12.1 Å². The Kier molecular flexibility index (Phi) is 5.07. The number of allylic oxidation sites excluding steroid dienone is 1. The molecule has 1 unspecified atom stereocenters. The van der Waals surface area contributed by atoms with Crippen molar-refractivity contribution in [3.63, 3.8) is 0 Å². The van der Waals surface area contributed by atoms with Gasteiger partial charge < -0.3 is 10.6 Å². The molecule has 1 aliphatic rings. The second-order valence-electron chi connectivity index (χ2n) is 7.67. The highest BCUT2D eigenvalue weighted by atomic mass is 35.5. The number of benzene rings is 3. The topological polar surface area (TPSA) is 102 Å². The van der Waals surface area contributed by atoms with E-state index in [2.05, 4.69) is 15.6 Å². The van der Waals surface area contributed by atoms with Crippen LogP contribution in [0, 0.1) is 10.1 Å². The first-order valence-electron chi connectivity index (χ1n) is 10.2. The lowest BCUT2D eigenvalue weighted by Gasteiger charge is -2.30. The highest BCUT2D eigenvalue weighted by Gasteiger charge is 2.34. The van der Waals surface area contributed by atoms with Gasteiger partial charge >= 0.3 is 0 Å². The normalized spacial score (nSPS) is 15.2. The third-order valence-electron chi connectivity index (χ3n) is 5.57. The van der Waals surface area contributed by atoms with E-state index in [9.17, 15) is 14.9 Å². The minimum Gasteiger partial charge on any atom is -0.329 e. The molecule has 0 fully saturated rings. The summed E-state index contributed by atoms with van der Waals surface area (Å²) in [5, 5.41) is 18.2. The number of hydrogen-bond donors (Lipinski definition) is 2. The largest absolute Gasteiger partial charge is 0.329 e. The molecule has 0 saturated heterocycles. The highest BCUT2D eigenvalue weighted by molar-refractivity contribution is 6.30. The standard InChI is InChI=1S/C24H18ClN5O3/c1-14-21(23(31)27-17-11-9-16(25)10-12-17)22(15-5-4-6-18(13-15)30(32)33)29-20-8-3-2-7-19(20)28-24(29)26-14/h2-13,22H,1H3,(H,26,28)(H,27,31). The summed E-state index contributed by atoms with van der Waals surface area (Å²) in [5.41, 5.74) is 3.75. The zero-order valence-corrected chi connectivity index (χ0v) is 18.2. The number of rotatable bonds is 4. The molecule has 1 atom stereocenters. The molecule has 0 bridgehead atoms. The number of imidazole rings is 1. The van der Waals surface area contributed by atoms with Gasteiger partial charge in [-0.3, -0.25) is 19.5 Å². The van der Waals surface area contributed by atoms with E-state index in [1.807, 2.05) is 28.8 Å². The van der Waals surface area contributed by atoms with Crippen molar-refractivity contribution in [3.05, 3.63) is 105 Å². The van der Waals surface area contributed by atoms with E-state index in [-0.39, 0.29) is 11.6 Å². The fourth-order valence-corrected chi connectivity index (χ4v) is 4.24. The van der Waals surface area contributed by atoms with Crippen molar-refractivity contribution in [3.8, 4) is 0 Å². The number of nitro benzene ring substituents is 1. The zero-order chi connectivity index (χ0) is 23.1. The quantitative estimate of drug-likeness (QED) is 0.309. The molecule has 0 aliphatic carbocycles. The summed E-state index contributed by atoms with van der Waals surface area (Å²) in [7, 11) is 0. The van der Waals surface area contributed by atoms with Crippen LogP contribution in [0.5, 0.6) is 0 Å². The van der Waals surface area contributed by atoms with Crippen LogP contribution in [-0.2, 0) is 4.79 Å². The summed E-state index contributed by atoms with van der Waals surface area (Å²) in [6, 6.07) is 20.1. The highest BCUT2D eigenvalue weighted by Crippen LogP contribution is 2.40. The maximum atomic E-state index is 13.5. The van der Waals surface area contributed by atoms with Crippen LogP contribution in [0.1, 0.15) is 18.5 Å². The van der Waals surface area contributed by atoms with Gasteiger partial charge in [0.05, 0.1) is 27.6 Å². The summed E-state index contributed by atoms with van der Waals surface area (Å²) in [5.74, 6) is 0.232. The fraction of sp³-hybridized carbons (Fsp3) is 0.0833. The van der Waals surface area contributed by atoms with Gasteiger partial charge in [0.15, 0.2) is 0 Å². The van der Waals surface area contributed by atoms with Gasteiger partial charge in [0, 0.05) is 28.5 Å². The third kappa shape index (κ3) is 3.70. The average Bonchev–Trinajstić information content (AvgIpc) is 3.17. The Balaban J connectivity index is 1.68. The lowest BCUT2D eigenvalue weighted by Crippen LogP contribution is -2.31. The Bertz CT molecular complexity index is 1440. The lowest BCUT2D eigenvalue weighted by atomic mass is 9.94. The van der Waals surface area contributed by atoms with Crippen LogP contribution in [-0.4, -0.2) is 20.4 Å². The van der Waals surface area contributed by atoms with Crippen LogP contribution in [0.4, 0.5) is 17.3 Å². The molecule has 9 heteroatoms. The number of non-ortho nitro benzene ring substituents is 1. The van der Waals surface area contributed by atoms with Gasteiger partial charge in [0.1, 0.15) is 0 Å². The van der Waals surface area contributed by atoms with Crippen molar-refractivity contribution in [1.82, 2.24) is 9.55 Å². The minimum absolute atomic E-state index is 0.0490. The van der Waals surface area contributed by atoms with Gasteiger partial charge in [-0.25, -0.2) is 4.98 Å². The number of amides is 1. The molecule has 2 N–H and O–H groups in total. The van der Waals surface area contributed by atoms with Crippen LogP contribution in [0.3, 0.4) is 0 Å². The molecule has 33 heavy (non-hydrogen) atoms. The molecule has 4 aromatic rings. The van der Waals surface area contributed by atoms with E-state index < -0.39 is 11.0 Å². The van der Waals surface area contributed by atoms with Gasteiger partial charge in [-0.1, -0.05) is 35.9 Å². The average molecular weight is 460 g/mol. The number of carbonyl (C=O) groups excluding carboxylic acids is 1. The molecule has 0 saturated carbocycles. The molecule has 8 nitrogen and oxygen atoms in total. The summed E-state index contributed by atoms with van der Waals surface area (Å²) in [6.45, 7) is 1.80. The Morgan fingerprint density at radius 2 is 1.88 bits per heavy atom. The number of anilines is 2. The number of carbonyl (C=O) groups is 1. The third-order valence-corrected chi connectivity index (χ3v) is 5.83. The SMILES string of the molecule is CC1=C(C(=O)Nc2ccc(Cl)cc2)C(c2cccc([N+](=O)[O-])c2)n2c(nc3ccccc32)N1. The number of fused-ring (bicyclic) bond motifs is 3. The predicted octanol–water partition coefficient (Wildman–Crippen LogP) is 5.53. The fourth-order valence-electron chi connectivity index (χ4n) is 4.11. The Hall–Kier alpha value is -4.17. The van der Waals surface area contributed by atoms with Gasteiger partial charge in [0.2, 0.25) is 5.95 Å². The van der Waals surface area contributed by atoms with Crippen molar-refractivity contribution in [2.24, 2.45) is 0 Å². The van der Waals surface area contributed by atoms with Gasteiger partial charge in [-0.2, -0.15) is 0 Å². The summed E-state index contributed by atoms with van der Waals surface area (Å²) in [6.07, 6.45) is 0. The van der Waals surface area contributed by atoms with E-state index in [0.717, 1.165) is 11.0 Å². The lowest BCUT2D eigenvalue weighted by molar-refractivity contribution is -0.384. The van der Waals surface area contributed by atoms with Crippen LogP contribution in [0.2, 0.25) is 5.02 Å². The van der Waals surface area contributed by atoms with Gasteiger partial charge in [0.25, 0.3) is 11.6 Å². The van der Waals surface area contributed by atoms with Crippen LogP contribution < -0.4 is 10.6 Å². The van der Waals surface area contributed by atoms with Crippen molar-refractivity contribution in [1.29, 1.82) is 0 Å². The van der Waals surface area contributed by atoms with Crippen LogP contribution >= 0.6 is 11.6 Å². The molecule has 1 amide bonds. The van der Waals surface area contributed by atoms with E-state index in [1.54, 1.807) is 43.3 Å². The van der Waals surface area contributed by atoms with Gasteiger partial charge in [-0.15, -0.1) is 0 Å². The number of hydrogen-bond acceptors (Lipinski definition) is 5. The van der Waals surface area contributed by atoms with Crippen LogP contribution in [0.15, 0.2) is 84.1 Å². The first-order chi connectivity index (χ1) is 15.9. The minimum atomic E-state index is -0.624. The molecule has 1 aliphatic heterocycles. The molecule has 164 valence electrons. The van der Waals surface area contributed by atoms with Crippen molar-refractivity contribution in [2.75, 3.05) is 10.6 Å². The van der Waals surface area contributed by atoms with Gasteiger partial charge in [-0.05, 0) is 48.9 Å². The summed E-state index contributed by atoms with van der Waals surface area (Å²) >= 11 is 5.97. The number of nitro groups is 1. The first-order valence-corrected chi connectivity index (χ1v) is 10.6. The number of para-hydroxylation sites is 2. The molecule has 5 rings (SSSR count). The summed E-state index contributed by atoms with van der Waals surface area (Å²) < 4.78 is 1.90. The number of nitrogens with zero attached hydrogens (tertiary/aromatic N) is 3. The second kappa shape index (κ2) is 8.07.